The van der Waals surface area contributed by atoms with Crippen LogP contribution in [0, 0.1) is 0 Å². The Labute approximate surface area is 163 Å². The number of amides is 2. The largest absolute Gasteiger partial charge is 0.449 e. The van der Waals surface area contributed by atoms with Gasteiger partial charge < -0.3 is 15.4 Å². The van der Waals surface area contributed by atoms with Gasteiger partial charge in [-0.2, -0.15) is 8.78 Å². The zero-order chi connectivity index (χ0) is 20.7. The van der Waals surface area contributed by atoms with Crippen molar-refractivity contribution in [3.05, 3.63) is 48.2 Å². The number of rotatable bonds is 7. The molecule has 0 fully saturated rings. The van der Waals surface area contributed by atoms with Gasteiger partial charge in [-0.1, -0.05) is 0 Å². The highest BCUT2D eigenvalue weighted by molar-refractivity contribution is 7.99. The minimum absolute atomic E-state index is 0.121. The van der Waals surface area contributed by atoms with E-state index in [0.29, 0.717) is 11.4 Å². The first kappa shape index (κ1) is 21.3. The third kappa shape index (κ3) is 6.31. The molecular formula is C18H17F2N3O4S. The summed E-state index contributed by atoms with van der Waals surface area (Å²) in [5.41, 5.74) is 0.843. The van der Waals surface area contributed by atoms with Crippen LogP contribution in [0.2, 0.25) is 0 Å². The molecule has 0 aliphatic rings. The molecular weight excluding hydrogens is 392 g/mol. The first-order valence-electron chi connectivity index (χ1n) is 8.05. The fourth-order valence-corrected chi connectivity index (χ4v) is 2.65. The molecule has 2 N–H and O–H groups in total. The average molecular weight is 409 g/mol. The van der Waals surface area contributed by atoms with Gasteiger partial charge in [0.05, 0.1) is 5.56 Å². The number of nitrogens with one attached hydrogen (secondary N) is 2. The molecule has 1 atom stereocenters. The van der Waals surface area contributed by atoms with Crippen LogP contribution in [-0.2, 0) is 14.3 Å². The third-order valence-corrected chi connectivity index (χ3v) is 4.04. The lowest BCUT2D eigenvalue weighted by Crippen LogP contribution is -2.30. The number of esters is 1. The second-order valence-corrected chi connectivity index (χ2v) is 6.51. The van der Waals surface area contributed by atoms with E-state index < -0.39 is 23.7 Å². The minimum atomic E-state index is -2.75. The lowest BCUT2D eigenvalue weighted by molar-refractivity contribution is -0.123. The third-order valence-electron chi connectivity index (χ3n) is 3.32. The van der Waals surface area contributed by atoms with Gasteiger partial charge in [-0.05, 0) is 55.1 Å². The van der Waals surface area contributed by atoms with E-state index in [1.807, 2.05) is 0 Å². The van der Waals surface area contributed by atoms with Crippen LogP contribution in [0.4, 0.5) is 20.2 Å². The Balaban J connectivity index is 1.98. The summed E-state index contributed by atoms with van der Waals surface area (Å²) in [6.45, 7) is 2.73. The molecule has 0 radical (unpaired) electrons. The molecule has 2 aromatic rings. The van der Waals surface area contributed by atoms with Gasteiger partial charge in [-0.3, -0.25) is 9.59 Å². The highest BCUT2D eigenvalue weighted by Crippen LogP contribution is 2.27. The summed E-state index contributed by atoms with van der Waals surface area (Å²) < 4.78 is 30.2. The van der Waals surface area contributed by atoms with Crippen LogP contribution >= 0.6 is 11.8 Å². The maximum atomic E-state index is 12.6. The number of nitrogens with zero attached hydrogens (tertiary/aromatic N) is 1. The molecule has 2 amide bonds. The van der Waals surface area contributed by atoms with Crippen LogP contribution in [0.3, 0.4) is 0 Å². The molecule has 0 spiro atoms. The van der Waals surface area contributed by atoms with Crippen molar-refractivity contribution in [2.75, 3.05) is 10.6 Å². The average Bonchev–Trinajstić information content (AvgIpc) is 2.62. The zero-order valence-electron chi connectivity index (χ0n) is 14.9. The van der Waals surface area contributed by atoms with Crippen molar-refractivity contribution >= 4 is 40.9 Å². The van der Waals surface area contributed by atoms with Crippen LogP contribution in [0.15, 0.2) is 47.6 Å². The fraction of sp³-hybridized carbons (Fsp3) is 0.222. The minimum Gasteiger partial charge on any atom is -0.449 e. The number of carbonyl (C=O) groups is 3. The predicted molar refractivity (Wildman–Crippen MR) is 100 cm³/mol. The van der Waals surface area contributed by atoms with E-state index in [2.05, 4.69) is 15.6 Å². The van der Waals surface area contributed by atoms with E-state index >= 15 is 0 Å². The maximum absolute atomic E-state index is 12.6. The van der Waals surface area contributed by atoms with Gasteiger partial charge in [-0.15, -0.1) is 0 Å². The Hall–Kier alpha value is -3.01. The Bertz CT molecular complexity index is 862. The number of aromatic nitrogens is 1. The number of alkyl halides is 2. The Morgan fingerprint density at radius 3 is 2.25 bits per heavy atom. The number of hydrogen-bond acceptors (Lipinski definition) is 6. The van der Waals surface area contributed by atoms with Crippen molar-refractivity contribution in [3.63, 3.8) is 0 Å². The SMILES string of the molecule is CC(=O)Nc1ccc(NC(=O)[C@H](C)OC(=O)c2cccnc2SC(F)F)cc1. The van der Waals surface area contributed by atoms with Crippen molar-refractivity contribution in [1.29, 1.82) is 0 Å². The second kappa shape index (κ2) is 9.79. The number of ether oxygens (including phenoxy) is 1. The monoisotopic (exact) mass is 409 g/mol. The molecule has 7 nitrogen and oxygen atoms in total. The number of carbonyl (C=O) groups excluding carboxylic acids is 3. The van der Waals surface area contributed by atoms with E-state index in [1.54, 1.807) is 24.3 Å². The van der Waals surface area contributed by atoms with E-state index in [-0.39, 0.29) is 28.3 Å². The van der Waals surface area contributed by atoms with Crippen molar-refractivity contribution in [1.82, 2.24) is 4.98 Å². The molecule has 0 saturated heterocycles. The standard InChI is InChI=1S/C18H17F2N3O4S/c1-10(15(25)23-13-7-5-12(6-8-13)22-11(2)24)27-17(26)14-4-3-9-21-16(14)28-18(19)20/h3-10,18H,1-2H3,(H,22,24)(H,23,25)/t10-/m0/s1. The first-order valence-corrected chi connectivity index (χ1v) is 8.93. The van der Waals surface area contributed by atoms with E-state index in [4.69, 9.17) is 4.74 Å². The maximum Gasteiger partial charge on any atom is 0.341 e. The molecule has 1 aromatic carbocycles. The highest BCUT2D eigenvalue weighted by atomic mass is 32.2. The Kier molecular flexibility index (Phi) is 7.44. The first-order chi connectivity index (χ1) is 13.3. The van der Waals surface area contributed by atoms with Crippen molar-refractivity contribution in [2.45, 2.75) is 30.7 Å². The molecule has 0 aliphatic carbocycles. The molecule has 0 aliphatic heterocycles. The topological polar surface area (TPSA) is 97.4 Å². The van der Waals surface area contributed by atoms with Crippen LogP contribution in [0.5, 0.6) is 0 Å². The molecule has 148 valence electrons. The van der Waals surface area contributed by atoms with Crippen LogP contribution in [-0.4, -0.2) is 34.6 Å². The lowest BCUT2D eigenvalue weighted by Gasteiger charge is -2.15. The molecule has 2 rings (SSSR count). The van der Waals surface area contributed by atoms with Gasteiger partial charge in [0.15, 0.2) is 6.10 Å². The summed E-state index contributed by atoms with van der Waals surface area (Å²) in [7, 11) is 0. The number of anilines is 2. The summed E-state index contributed by atoms with van der Waals surface area (Å²) in [5, 5.41) is 4.97. The Morgan fingerprint density at radius 2 is 1.68 bits per heavy atom. The van der Waals surface area contributed by atoms with Crippen LogP contribution in [0.25, 0.3) is 0 Å². The smallest absolute Gasteiger partial charge is 0.341 e. The van der Waals surface area contributed by atoms with Gasteiger partial charge in [0.2, 0.25) is 5.91 Å². The van der Waals surface area contributed by atoms with Crippen molar-refractivity contribution in [3.8, 4) is 0 Å². The number of thioether (sulfide) groups is 1. The Morgan fingerprint density at radius 1 is 1.07 bits per heavy atom. The summed E-state index contributed by atoms with van der Waals surface area (Å²) in [6, 6.07) is 9.03. The molecule has 0 bridgehead atoms. The molecule has 10 heteroatoms. The summed E-state index contributed by atoms with van der Waals surface area (Å²) in [5.74, 6) is -4.51. The zero-order valence-corrected chi connectivity index (χ0v) is 15.8. The van der Waals surface area contributed by atoms with E-state index in [1.165, 1.54) is 32.2 Å². The predicted octanol–water partition coefficient (Wildman–Crippen LogP) is 3.54. The summed E-state index contributed by atoms with van der Waals surface area (Å²) in [6.07, 6.45) is 0.106. The highest BCUT2D eigenvalue weighted by Gasteiger charge is 2.23. The van der Waals surface area contributed by atoms with Crippen molar-refractivity contribution < 1.29 is 27.9 Å². The van der Waals surface area contributed by atoms with E-state index in [0.717, 1.165) is 0 Å². The molecule has 0 unspecified atom stereocenters. The van der Waals surface area contributed by atoms with E-state index in [9.17, 15) is 23.2 Å². The van der Waals surface area contributed by atoms with Crippen molar-refractivity contribution in [2.24, 2.45) is 0 Å². The normalized spacial score (nSPS) is 11.6. The van der Waals surface area contributed by atoms with Gasteiger partial charge in [-0.25, -0.2) is 9.78 Å². The fourth-order valence-electron chi connectivity index (χ4n) is 2.09. The number of pyridine rings is 1. The molecule has 1 heterocycles. The van der Waals surface area contributed by atoms with Gasteiger partial charge in [0.1, 0.15) is 5.03 Å². The number of benzene rings is 1. The van der Waals surface area contributed by atoms with Gasteiger partial charge in [0, 0.05) is 24.5 Å². The number of halogens is 2. The lowest BCUT2D eigenvalue weighted by atomic mass is 10.2. The molecule has 28 heavy (non-hydrogen) atoms. The quantitative estimate of drug-likeness (QED) is 0.536. The van der Waals surface area contributed by atoms with Crippen LogP contribution in [0.1, 0.15) is 24.2 Å². The van der Waals surface area contributed by atoms with Crippen LogP contribution < -0.4 is 10.6 Å². The number of hydrogen-bond donors (Lipinski definition) is 2. The molecule has 0 saturated carbocycles. The van der Waals surface area contributed by atoms with Gasteiger partial charge in [0.25, 0.3) is 11.7 Å². The summed E-state index contributed by atoms with van der Waals surface area (Å²) in [4.78, 5) is 39.2. The van der Waals surface area contributed by atoms with Gasteiger partial charge >= 0.3 is 5.97 Å². The second-order valence-electron chi connectivity index (χ2n) is 5.53. The summed E-state index contributed by atoms with van der Waals surface area (Å²) >= 11 is 0.121. The molecule has 1 aromatic heterocycles.